The van der Waals surface area contributed by atoms with E-state index in [0.717, 1.165) is 5.56 Å². The molecule has 0 fully saturated rings. The molecule has 0 aliphatic heterocycles. The zero-order valence-corrected chi connectivity index (χ0v) is 12.2. The van der Waals surface area contributed by atoms with Gasteiger partial charge in [0, 0.05) is 24.4 Å². The minimum absolute atomic E-state index is 0.0344. The Morgan fingerprint density at radius 1 is 1.14 bits per heavy atom. The van der Waals surface area contributed by atoms with Crippen molar-refractivity contribution in [3.8, 4) is 17.0 Å². The first kappa shape index (κ1) is 15.6. The second kappa shape index (κ2) is 7.31. The molecule has 0 aromatic carbocycles. The molecular weight excluding hydrogens is 284 g/mol. The molecule has 6 heteroatoms. The van der Waals surface area contributed by atoms with Crippen LogP contribution < -0.4 is 0 Å². The van der Waals surface area contributed by atoms with Crippen LogP contribution in [0.4, 0.5) is 0 Å². The zero-order chi connectivity index (χ0) is 15.9. The third kappa shape index (κ3) is 3.88. The Labute approximate surface area is 127 Å². The van der Waals surface area contributed by atoms with E-state index in [0.29, 0.717) is 5.69 Å². The smallest absolute Gasteiger partial charge is 0.306 e. The Morgan fingerprint density at radius 2 is 1.86 bits per heavy atom. The number of ketones is 1. The van der Waals surface area contributed by atoms with E-state index in [1.165, 1.54) is 6.07 Å². The number of pyridine rings is 2. The van der Waals surface area contributed by atoms with E-state index < -0.39 is 11.8 Å². The van der Waals surface area contributed by atoms with Crippen molar-refractivity contribution in [1.82, 2.24) is 9.97 Å². The van der Waals surface area contributed by atoms with E-state index in [1.54, 1.807) is 37.5 Å². The SMILES string of the molecule is CCOC(=O)CCC(=O)c1nc(-c2ccncc2)ccc1O. The first-order valence-corrected chi connectivity index (χ1v) is 6.91. The molecule has 0 amide bonds. The molecule has 22 heavy (non-hydrogen) atoms. The number of carbonyl (C=O) groups is 2. The first-order chi connectivity index (χ1) is 10.6. The quantitative estimate of drug-likeness (QED) is 0.650. The average molecular weight is 300 g/mol. The summed E-state index contributed by atoms with van der Waals surface area (Å²) in [6.45, 7) is 1.97. The van der Waals surface area contributed by atoms with Gasteiger partial charge in [-0.25, -0.2) is 4.98 Å². The molecule has 0 saturated heterocycles. The molecule has 0 saturated carbocycles. The predicted octanol–water partition coefficient (Wildman–Crippen LogP) is 2.38. The van der Waals surface area contributed by atoms with Crippen LogP contribution in [-0.2, 0) is 9.53 Å². The van der Waals surface area contributed by atoms with Crippen molar-refractivity contribution in [3.63, 3.8) is 0 Å². The van der Waals surface area contributed by atoms with Crippen LogP contribution in [0.25, 0.3) is 11.3 Å². The summed E-state index contributed by atoms with van der Waals surface area (Å²) in [6.07, 6.45) is 3.14. The van der Waals surface area contributed by atoms with E-state index in [1.807, 2.05) is 0 Å². The normalized spacial score (nSPS) is 10.2. The highest BCUT2D eigenvalue weighted by atomic mass is 16.5. The molecule has 0 bridgehead atoms. The Balaban J connectivity index is 2.16. The molecule has 6 nitrogen and oxygen atoms in total. The number of ether oxygens (including phenoxy) is 1. The maximum absolute atomic E-state index is 12.1. The highest BCUT2D eigenvalue weighted by Gasteiger charge is 2.16. The van der Waals surface area contributed by atoms with Gasteiger partial charge in [-0.1, -0.05) is 0 Å². The standard InChI is InChI=1S/C16H16N2O4/c1-2-22-15(21)6-5-14(20)16-13(19)4-3-12(18-16)11-7-9-17-10-8-11/h3-4,7-10,19H,2,5-6H2,1H3. The maximum Gasteiger partial charge on any atom is 0.306 e. The second-order valence-electron chi connectivity index (χ2n) is 4.53. The number of Topliss-reactive ketones (excluding diaryl/α,β-unsaturated/α-hetero) is 1. The van der Waals surface area contributed by atoms with Gasteiger partial charge in [-0.05, 0) is 31.2 Å². The number of nitrogens with zero attached hydrogens (tertiary/aromatic N) is 2. The molecule has 2 rings (SSSR count). The van der Waals surface area contributed by atoms with Crippen molar-refractivity contribution in [1.29, 1.82) is 0 Å². The number of carbonyl (C=O) groups excluding carboxylic acids is 2. The minimum Gasteiger partial charge on any atom is -0.506 e. The predicted molar refractivity (Wildman–Crippen MR) is 79.3 cm³/mol. The zero-order valence-electron chi connectivity index (χ0n) is 12.2. The summed E-state index contributed by atoms with van der Waals surface area (Å²) in [5.74, 6) is -1.05. The van der Waals surface area contributed by atoms with Crippen molar-refractivity contribution >= 4 is 11.8 Å². The van der Waals surface area contributed by atoms with E-state index in [2.05, 4.69) is 9.97 Å². The van der Waals surface area contributed by atoms with Gasteiger partial charge in [-0.15, -0.1) is 0 Å². The van der Waals surface area contributed by atoms with Gasteiger partial charge in [0.1, 0.15) is 11.4 Å². The molecule has 2 heterocycles. The first-order valence-electron chi connectivity index (χ1n) is 6.91. The largest absolute Gasteiger partial charge is 0.506 e. The number of hydrogen-bond acceptors (Lipinski definition) is 6. The molecule has 2 aromatic heterocycles. The van der Waals surface area contributed by atoms with Crippen LogP contribution in [-0.4, -0.2) is 33.4 Å². The lowest BCUT2D eigenvalue weighted by Gasteiger charge is -2.06. The van der Waals surface area contributed by atoms with Crippen LogP contribution in [0, 0.1) is 0 Å². The van der Waals surface area contributed by atoms with Crippen molar-refractivity contribution in [2.45, 2.75) is 19.8 Å². The number of aromatic nitrogens is 2. The maximum atomic E-state index is 12.1. The number of esters is 1. The van der Waals surface area contributed by atoms with Gasteiger partial charge < -0.3 is 9.84 Å². The minimum atomic E-state index is -0.444. The van der Waals surface area contributed by atoms with Gasteiger partial charge in [0.2, 0.25) is 0 Å². The summed E-state index contributed by atoms with van der Waals surface area (Å²) < 4.78 is 4.77. The van der Waals surface area contributed by atoms with Gasteiger partial charge in [0.25, 0.3) is 0 Å². The molecule has 1 N–H and O–H groups in total. The van der Waals surface area contributed by atoms with E-state index >= 15 is 0 Å². The molecule has 0 aliphatic carbocycles. The number of aromatic hydroxyl groups is 1. The lowest BCUT2D eigenvalue weighted by atomic mass is 10.1. The Morgan fingerprint density at radius 3 is 2.55 bits per heavy atom. The fraction of sp³-hybridized carbons (Fsp3) is 0.250. The van der Waals surface area contributed by atoms with Crippen molar-refractivity contribution in [3.05, 3.63) is 42.4 Å². The summed E-state index contributed by atoms with van der Waals surface area (Å²) in [5.41, 5.74) is 1.30. The molecular formula is C16H16N2O4. The van der Waals surface area contributed by atoms with Crippen LogP contribution >= 0.6 is 0 Å². The van der Waals surface area contributed by atoms with Gasteiger partial charge in [-0.2, -0.15) is 0 Å². The van der Waals surface area contributed by atoms with Crippen LogP contribution in [0.5, 0.6) is 5.75 Å². The molecule has 0 atom stereocenters. The summed E-state index contributed by atoms with van der Waals surface area (Å²) >= 11 is 0. The Hall–Kier alpha value is -2.76. The van der Waals surface area contributed by atoms with Crippen molar-refractivity contribution in [2.24, 2.45) is 0 Å². The van der Waals surface area contributed by atoms with Gasteiger partial charge in [0.15, 0.2) is 5.78 Å². The van der Waals surface area contributed by atoms with Crippen LogP contribution in [0.1, 0.15) is 30.3 Å². The summed E-state index contributed by atoms with van der Waals surface area (Å²) in [4.78, 5) is 31.5. The van der Waals surface area contributed by atoms with E-state index in [4.69, 9.17) is 4.74 Å². The third-order valence-corrected chi connectivity index (χ3v) is 2.98. The van der Waals surface area contributed by atoms with E-state index in [-0.39, 0.29) is 30.9 Å². The van der Waals surface area contributed by atoms with E-state index in [9.17, 15) is 14.7 Å². The number of rotatable bonds is 6. The molecule has 0 spiro atoms. The van der Waals surface area contributed by atoms with Crippen LogP contribution in [0.2, 0.25) is 0 Å². The van der Waals surface area contributed by atoms with Crippen LogP contribution in [0.15, 0.2) is 36.7 Å². The highest BCUT2D eigenvalue weighted by molar-refractivity contribution is 5.98. The average Bonchev–Trinajstić information content (AvgIpc) is 2.54. The van der Waals surface area contributed by atoms with Gasteiger partial charge in [-0.3, -0.25) is 14.6 Å². The topological polar surface area (TPSA) is 89.4 Å². The van der Waals surface area contributed by atoms with Crippen molar-refractivity contribution < 1.29 is 19.4 Å². The molecule has 0 radical (unpaired) electrons. The van der Waals surface area contributed by atoms with Gasteiger partial charge >= 0.3 is 5.97 Å². The highest BCUT2D eigenvalue weighted by Crippen LogP contribution is 2.23. The lowest BCUT2D eigenvalue weighted by molar-refractivity contribution is -0.143. The number of hydrogen-bond donors (Lipinski definition) is 1. The monoisotopic (exact) mass is 300 g/mol. The Kier molecular flexibility index (Phi) is 5.19. The fourth-order valence-electron chi connectivity index (χ4n) is 1.91. The molecule has 0 unspecified atom stereocenters. The van der Waals surface area contributed by atoms with Crippen molar-refractivity contribution in [2.75, 3.05) is 6.61 Å². The third-order valence-electron chi connectivity index (χ3n) is 2.98. The second-order valence-corrected chi connectivity index (χ2v) is 4.53. The lowest BCUT2D eigenvalue weighted by Crippen LogP contribution is -2.09. The Bertz CT molecular complexity index is 671. The molecule has 0 aliphatic rings. The molecule has 2 aromatic rings. The fourth-order valence-corrected chi connectivity index (χ4v) is 1.91. The van der Waals surface area contributed by atoms with Gasteiger partial charge in [0.05, 0.1) is 18.7 Å². The summed E-state index contributed by atoms with van der Waals surface area (Å²) in [6, 6.07) is 6.55. The van der Waals surface area contributed by atoms with Crippen LogP contribution in [0.3, 0.4) is 0 Å². The summed E-state index contributed by atoms with van der Waals surface area (Å²) in [7, 11) is 0. The summed E-state index contributed by atoms with van der Waals surface area (Å²) in [5, 5.41) is 9.81. The molecule has 114 valence electrons.